The molecule has 8 rings (SSSR count). The van der Waals surface area contributed by atoms with Crippen LogP contribution in [0.25, 0.3) is 22.3 Å². The summed E-state index contributed by atoms with van der Waals surface area (Å²) in [5, 5.41) is 12.1. The first kappa shape index (κ1) is 33.8. The molecule has 0 saturated carbocycles. The van der Waals surface area contributed by atoms with Gasteiger partial charge in [0.2, 0.25) is 0 Å². The van der Waals surface area contributed by atoms with Crippen LogP contribution >= 0.6 is 0 Å². The summed E-state index contributed by atoms with van der Waals surface area (Å²) in [5.74, 6) is -0.269. The van der Waals surface area contributed by atoms with Gasteiger partial charge < -0.3 is 28.9 Å². The first-order valence-corrected chi connectivity index (χ1v) is 21.6. The predicted octanol–water partition coefficient (Wildman–Crippen LogP) is 5.78. The van der Waals surface area contributed by atoms with Gasteiger partial charge in [0.05, 0.1) is 37.1 Å². The number of carbonyl (C=O) groups is 2. The number of hydrogen-bond acceptors (Lipinski definition) is 8. The molecule has 2 saturated heterocycles. The number of amides is 1. The van der Waals surface area contributed by atoms with E-state index in [0.717, 1.165) is 48.0 Å². The van der Waals surface area contributed by atoms with Crippen molar-refractivity contribution in [2.24, 2.45) is 0 Å². The molecule has 0 aliphatic carbocycles. The zero-order valence-corrected chi connectivity index (χ0v) is 30.7. The van der Waals surface area contributed by atoms with Gasteiger partial charge in [0.15, 0.2) is 5.60 Å². The second kappa shape index (κ2) is 13.0. The van der Waals surface area contributed by atoms with E-state index < -0.39 is 19.6 Å². The molecule has 2 fully saturated rings. The Kier molecular flexibility index (Phi) is 8.63. The minimum atomic E-state index is -1.87. The second-order valence-electron chi connectivity index (χ2n) is 15.1. The van der Waals surface area contributed by atoms with Gasteiger partial charge in [-0.2, -0.15) is 0 Å². The Hall–Kier alpha value is -4.32. The van der Waals surface area contributed by atoms with E-state index in [1.165, 1.54) is 23.7 Å². The Morgan fingerprint density at radius 1 is 1.02 bits per heavy atom. The number of esters is 1. The largest absolute Gasteiger partial charge is 0.458 e. The van der Waals surface area contributed by atoms with Gasteiger partial charge in [0.25, 0.3) is 5.56 Å². The van der Waals surface area contributed by atoms with Crippen LogP contribution < -0.4 is 10.3 Å². The standard InChI is InChI=1S/C40H46N4O6Si/c1-4-29-30-21-28(50-39(47)43-15-13-27(14-16-43)42-17-19-51(3,20-18-42)25-26-9-7-6-8-10-26)11-12-34(30)41-36-31(29)23-44-35(36)22-33-32(37(44)45)24-49-38(46)40(33,48)5-2/h6-12,21-22,27,48H,4-5,13-20,23-25H2,1-3H3. The van der Waals surface area contributed by atoms with Crippen molar-refractivity contribution in [2.75, 3.05) is 26.2 Å². The topological polar surface area (TPSA) is 114 Å². The molecule has 0 radical (unpaired) electrons. The molecule has 0 bridgehead atoms. The van der Waals surface area contributed by atoms with Crippen LogP contribution in [0.2, 0.25) is 18.6 Å². The highest BCUT2D eigenvalue weighted by atomic mass is 28.3. The number of benzene rings is 2. The molecule has 51 heavy (non-hydrogen) atoms. The summed E-state index contributed by atoms with van der Waals surface area (Å²) >= 11 is 0. The molecule has 11 heteroatoms. The first-order chi connectivity index (χ1) is 24.6. The number of ether oxygens (including phenoxy) is 2. The number of aliphatic hydroxyl groups is 1. The molecule has 4 aromatic rings. The van der Waals surface area contributed by atoms with Crippen molar-refractivity contribution < 1.29 is 24.2 Å². The maximum Gasteiger partial charge on any atom is 0.415 e. The molecule has 4 aliphatic rings. The zero-order chi connectivity index (χ0) is 35.5. The van der Waals surface area contributed by atoms with E-state index >= 15 is 0 Å². The third-order valence-corrected chi connectivity index (χ3v) is 16.2. The fourth-order valence-corrected chi connectivity index (χ4v) is 12.4. The van der Waals surface area contributed by atoms with Crippen molar-refractivity contribution >= 4 is 31.0 Å². The summed E-state index contributed by atoms with van der Waals surface area (Å²) in [6, 6.07) is 22.6. The SMILES string of the molecule is CCc1c2c(nc3ccc(OC(=O)N4CCC(N5CC[Si](C)(Cc6ccccc6)CC5)CC4)cc13)-c1cc3c(c(=O)n1C2)COC(=O)C3(O)CC. The molecule has 2 aromatic heterocycles. The first-order valence-electron chi connectivity index (χ1n) is 18.5. The Bertz CT molecular complexity index is 2080. The van der Waals surface area contributed by atoms with Gasteiger partial charge in [-0.05, 0) is 86.7 Å². The molecule has 4 aliphatic heterocycles. The number of hydrogen-bond donors (Lipinski definition) is 1. The highest BCUT2D eigenvalue weighted by Crippen LogP contribution is 2.41. The lowest BCUT2D eigenvalue weighted by Gasteiger charge is -2.44. The van der Waals surface area contributed by atoms with E-state index in [1.807, 2.05) is 17.0 Å². The summed E-state index contributed by atoms with van der Waals surface area (Å²) < 4.78 is 12.8. The highest BCUT2D eigenvalue weighted by molar-refractivity contribution is 6.78. The summed E-state index contributed by atoms with van der Waals surface area (Å²) in [6.07, 6.45) is 2.36. The summed E-state index contributed by atoms with van der Waals surface area (Å²) in [6.45, 7) is 10.2. The van der Waals surface area contributed by atoms with E-state index in [9.17, 15) is 19.5 Å². The van der Waals surface area contributed by atoms with Gasteiger partial charge in [-0.25, -0.2) is 14.6 Å². The monoisotopic (exact) mass is 706 g/mol. The van der Waals surface area contributed by atoms with E-state index in [0.29, 0.717) is 60.4 Å². The van der Waals surface area contributed by atoms with Gasteiger partial charge in [-0.1, -0.05) is 56.3 Å². The van der Waals surface area contributed by atoms with Gasteiger partial charge in [0, 0.05) is 35.6 Å². The van der Waals surface area contributed by atoms with Crippen molar-refractivity contribution in [2.45, 2.75) is 89.0 Å². The summed E-state index contributed by atoms with van der Waals surface area (Å²) in [4.78, 5) is 49.1. The van der Waals surface area contributed by atoms with Crippen LogP contribution in [0, 0.1) is 0 Å². The number of rotatable bonds is 6. The summed E-state index contributed by atoms with van der Waals surface area (Å²) in [5.41, 5.74) is 3.84. The van der Waals surface area contributed by atoms with Crippen LogP contribution in [0.15, 0.2) is 59.4 Å². The predicted molar refractivity (Wildman–Crippen MR) is 197 cm³/mol. The molecule has 1 N–H and O–H groups in total. The van der Waals surface area contributed by atoms with Gasteiger partial charge in [0.1, 0.15) is 12.4 Å². The van der Waals surface area contributed by atoms with Crippen molar-refractivity contribution in [3.8, 4) is 17.1 Å². The van der Waals surface area contributed by atoms with Crippen molar-refractivity contribution in [3.05, 3.63) is 92.8 Å². The number of carbonyl (C=O) groups excluding carboxylic acids is 2. The van der Waals surface area contributed by atoms with Crippen LogP contribution in [0.5, 0.6) is 5.75 Å². The molecule has 10 nitrogen and oxygen atoms in total. The maximum atomic E-state index is 13.7. The van der Waals surface area contributed by atoms with Gasteiger partial charge in [-0.15, -0.1) is 0 Å². The lowest BCUT2D eigenvalue weighted by molar-refractivity contribution is -0.172. The van der Waals surface area contributed by atoms with Crippen LogP contribution in [0.3, 0.4) is 0 Å². The number of likely N-dealkylation sites (tertiary alicyclic amines) is 1. The third-order valence-electron chi connectivity index (χ3n) is 12.1. The molecule has 1 atom stereocenters. The highest BCUT2D eigenvalue weighted by Gasteiger charge is 2.45. The molecule has 0 spiro atoms. The van der Waals surface area contributed by atoms with Crippen molar-refractivity contribution in [1.29, 1.82) is 0 Å². The number of aromatic nitrogens is 2. The molecule has 2 aromatic carbocycles. The zero-order valence-electron chi connectivity index (χ0n) is 29.7. The maximum absolute atomic E-state index is 13.7. The number of piperidine rings is 1. The smallest absolute Gasteiger partial charge is 0.415 e. The molecule has 6 heterocycles. The average Bonchev–Trinajstić information content (AvgIpc) is 3.51. The van der Waals surface area contributed by atoms with E-state index in [2.05, 4.69) is 48.7 Å². The Morgan fingerprint density at radius 2 is 1.76 bits per heavy atom. The van der Waals surface area contributed by atoms with E-state index in [4.69, 9.17) is 14.5 Å². The van der Waals surface area contributed by atoms with Crippen LogP contribution in [-0.2, 0) is 40.7 Å². The van der Waals surface area contributed by atoms with Gasteiger partial charge in [-0.3, -0.25) is 4.79 Å². The number of cyclic esters (lactones) is 1. The van der Waals surface area contributed by atoms with E-state index in [1.54, 1.807) is 23.6 Å². The molecular weight excluding hydrogens is 661 g/mol. The lowest BCUT2D eigenvalue weighted by atomic mass is 9.86. The minimum Gasteiger partial charge on any atom is -0.458 e. The van der Waals surface area contributed by atoms with Crippen molar-refractivity contribution in [1.82, 2.24) is 19.4 Å². The average molecular weight is 707 g/mol. The Morgan fingerprint density at radius 3 is 2.47 bits per heavy atom. The molecule has 1 unspecified atom stereocenters. The lowest BCUT2D eigenvalue weighted by Crippen LogP contribution is -2.53. The molecule has 1 amide bonds. The van der Waals surface area contributed by atoms with Crippen LogP contribution in [0.1, 0.15) is 60.9 Å². The third kappa shape index (κ3) is 5.89. The fraction of sp³-hybridized carbons (Fsp3) is 0.450. The summed E-state index contributed by atoms with van der Waals surface area (Å²) in [7, 11) is -1.29. The molecular formula is C40H46N4O6Si. The van der Waals surface area contributed by atoms with Crippen LogP contribution in [0.4, 0.5) is 4.79 Å². The minimum absolute atomic E-state index is 0.0915. The normalized spacial score (nSPS) is 21.6. The van der Waals surface area contributed by atoms with Crippen LogP contribution in [-0.4, -0.2) is 76.8 Å². The van der Waals surface area contributed by atoms with Gasteiger partial charge >= 0.3 is 12.1 Å². The number of fused-ring (bicyclic) bond motifs is 5. The number of aryl methyl sites for hydroxylation is 1. The molecule has 266 valence electrons. The second-order valence-corrected chi connectivity index (χ2v) is 20.1. The Balaban J connectivity index is 0.949. The quantitative estimate of drug-likeness (QED) is 0.175. The fourth-order valence-electron chi connectivity index (χ4n) is 8.88. The number of nitrogens with zero attached hydrogens (tertiary/aromatic N) is 4. The number of pyridine rings is 2. The Labute approximate surface area is 299 Å². The van der Waals surface area contributed by atoms with Crippen molar-refractivity contribution in [3.63, 3.8) is 0 Å². The van der Waals surface area contributed by atoms with E-state index in [-0.39, 0.29) is 24.7 Å².